The lowest BCUT2D eigenvalue weighted by atomic mass is 10.1. The van der Waals surface area contributed by atoms with Crippen molar-refractivity contribution in [2.45, 2.75) is 33.1 Å². The van der Waals surface area contributed by atoms with Gasteiger partial charge < -0.3 is 14.3 Å². The van der Waals surface area contributed by atoms with Crippen molar-refractivity contribution < 1.29 is 14.3 Å². The maximum Gasteiger partial charge on any atom is 0.186 e. The molecule has 5 nitrogen and oxygen atoms in total. The molecule has 0 radical (unpaired) electrons. The summed E-state index contributed by atoms with van der Waals surface area (Å²) in [4.78, 5) is 5.22. The fourth-order valence-electron chi connectivity index (χ4n) is 1.98. The summed E-state index contributed by atoms with van der Waals surface area (Å²) >= 11 is 0. The summed E-state index contributed by atoms with van der Waals surface area (Å²) in [5.74, 6) is 0.472. The average Bonchev–Trinajstić information content (AvgIpc) is 2.62. The largest absolute Gasteiger partial charge is 0.394 e. The molecule has 0 aliphatic carbocycles. The van der Waals surface area contributed by atoms with Crippen LogP contribution in [-0.4, -0.2) is 32.3 Å². The Balaban J connectivity index is 0.000000366. The van der Waals surface area contributed by atoms with E-state index in [1.165, 1.54) is 0 Å². The zero-order chi connectivity index (χ0) is 16.8. The van der Waals surface area contributed by atoms with Gasteiger partial charge in [-0.25, -0.2) is 0 Å². The first-order chi connectivity index (χ1) is 11.3. The smallest absolute Gasteiger partial charge is 0.186 e. The predicted molar refractivity (Wildman–Crippen MR) is 90.0 cm³/mol. The Morgan fingerprint density at radius 2 is 2.00 bits per heavy atom. The normalized spacial score (nSPS) is 15.8. The lowest BCUT2D eigenvalue weighted by molar-refractivity contribution is -0.0963. The molecule has 1 saturated heterocycles. The van der Waals surface area contributed by atoms with Gasteiger partial charge in [0.05, 0.1) is 13.2 Å². The van der Waals surface area contributed by atoms with Gasteiger partial charge in [0.15, 0.2) is 5.71 Å². The number of oxime groups is 1. The van der Waals surface area contributed by atoms with Crippen LogP contribution < -0.4 is 0 Å². The van der Waals surface area contributed by atoms with E-state index in [4.69, 9.17) is 19.6 Å². The average molecular weight is 318 g/mol. The van der Waals surface area contributed by atoms with Crippen LogP contribution in [0.15, 0.2) is 35.5 Å². The summed E-state index contributed by atoms with van der Waals surface area (Å²) in [7, 11) is 0. The number of hydrogen-bond donors (Lipinski definition) is 0. The summed E-state index contributed by atoms with van der Waals surface area (Å²) in [6, 6.07) is 11.4. The Morgan fingerprint density at radius 1 is 1.30 bits per heavy atom. The molecule has 126 valence electrons. The molecule has 0 saturated carbocycles. The molecule has 1 aromatic rings. The number of hydrogen-bond acceptors (Lipinski definition) is 5. The first kappa shape index (κ1) is 19.1. The van der Waals surface area contributed by atoms with E-state index in [-0.39, 0.29) is 0 Å². The molecule has 1 fully saturated rings. The van der Waals surface area contributed by atoms with Crippen LogP contribution in [0.5, 0.6) is 0 Å². The first-order valence-corrected chi connectivity index (χ1v) is 8.08. The molecule has 5 heteroatoms. The van der Waals surface area contributed by atoms with Crippen LogP contribution in [0.4, 0.5) is 0 Å². The van der Waals surface area contributed by atoms with E-state index in [0.29, 0.717) is 25.0 Å². The molecule has 0 spiro atoms. The van der Waals surface area contributed by atoms with Gasteiger partial charge in [0.1, 0.15) is 19.5 Å². The first-order valence-electron chi connectivity index (χ1n) is 8.08. The highest BCUT2D eigenvalue weighted by Crippen LogP contribution is 2.06. The van der Waals surface area contributed by atoms with Gasteiger partial charge >= 0.3 is 0 Å². The second-order valence-electron chi connectivity index (χ2n) is 5.40. The lowest BCUT2D eigenvalue weighted by Crippen LogP contribution is -2.11. The zero-order valence-corrected chi connectivity index (χ0v) is 14.0. The van der Waals surface area contributed by atoms with Crippen LogP contribution in [0.2, 0.25) is 0 Å². The van der Waals surface area contributed by atoms with Crippen LogP contribution in [0.25, 0.3) is 0 Å². The van der Waals surface area contributed by atoms with E-state index in [0.717, 1.165) is 38.0 Å². The minimum atomic E-state index is 0.328. The summed E-state index contributed by atoms with van der Waals surface area (Å²) < 4.78 is 9.69. The van der Waals surface area contributed by atoms with Gasteiger partial charge in [-0.15, -0.1) is 0 Å². The van der Waals surface area contributed by atoms with Crippen molar-refractivity contribution in [1.82, 2.24) is 0 Å². The van der Waals surface area contributed by atoms with E-state index in [9.17, 15) is 0 Å². The topological polar surface area (TPSA) is 63.8 Å². The molecule has 1 aliphatic rings. The molecule has 1 unspecified atom stereocenters. The van der Waals surface area contributed by atoms with Gasteiger partial charge in [-0.05, 0) is 18.8 Å². The van der Waals surface area contributed by atoms with Crippen LogP contribution >= 0.6 is 0 Å². The fourth-order valence-corrected chi connectivity index (χ4v) is 1.98. The minimum absolute atomic E-state index is 0.328. The quantitative estimate of drug-likeness (QED) is 0.592. The Bertz CT molecular complexity index is 467. The van der Waals surface area contributed by atoms with Crippen molar-refractivity contribution in [1.29, 1.82) is 5.26 Å². The third-order valence-corrected chi connectivity index (χ3v) is 3.19. The maximum absolute atomic E-state index is 8.99. The maximum atomic E-state index is 8.99. The molecule has 2 rings (SSSR count). The van der Waals surface area contributed by atoms with Crippen LogP contribution in [-0.2, 0) is 14.3 Å². The van der Waals surface area contributed by atoms with Crippen molar-refractivity contribution in [3.8, 4) is 6.07 Å². The van der Waals surface area contributed by atoms with Crippen molar-refractivity contribution in [2.24, 2.45) is 11.1 Å². The van der Waals surface area contributed by atoms with Gasteiger partial charge in [-0.2, -0.15) is 5.26 Å². The Labute approximate surface area is 138 Å². The van der Waals surface area contributed by atoms with E-state index < -0.39 is 0 Å². The molecule has 1 aromatic carbocycles. The zero-order valence-electron chi connectivity index (χ0n) is 14.0. The number of benzene rings is 1. The van der Waals surface area contributed by atoms with Gasteiger partial charge in [0.2, 0.25) is 0 Å². The molecule has 23 heavy (non-hydrogen) atoms. The van der Waals surface area contributed by atoms with Crippen LogP contribution in [0.1, 0.15) is 38.7 Å². The fraction of sp³-hybridized carbons (Fsp3) is 0.556. The van der Waals surface area contributed by atoms with Gasteiger partial charge in [0, 0.05) is 5.56 Å². The molecule has 1 heterocycles. The van der Waals surface area contributed by atoms with Gasteiger partial charge in [-0.1, -0.05) is 55.8 Å². The molecule has 1 aliphatic heterocycles. The highest BCUT2D eigenvalue weighted by atomic mass is 16.7. The SMILES string of the molecule is C1COCOC1.CCCC(C)CON=C(C#N)c1ccccc1. The third-order valence-electron chi connectivity index (χ3n) is 3.19. The van der Waals surface area contributed by atoms with Gasteiger partial charge in [0.25, 0.3) is 0 Å². The number of nitriles is 1. The Kier molecular flexibility index (Phi) is 10.5. The number of nitrogens with zero attached hydrogens (tertiary/aromatic N) is 2. The molecule has 0 amide bonds. The highest BCUT2D eigenvalue weighted by Gasteiger charge is 2.04. The van der Waals surface area contributed by atoms with Crippen molar-refractivity contribution in [3.05, 3.63) is 35.9 Å². The number of rotatable bonds is 6. The second kappa shape index (κ2) is 12.6. The summed E-state index contributed by atoms with van der Waals surface area (Å²) in [5.41, 5.74) is 1.12. The summed E-state index contributed by atoms with van der Waals surface area (Å²) in [6.45, 7) is 7.07. The molecule has 0 N–H and O–H groups in total. The van der Waals surface area contributed by atoms with E-state index >= 15 is 0 Å². The van der Waals surface area contributed by atoms with E-state index in [1.807, 2.05) is 36.4 Å². The molecular formula is C18H26N2O3. The van der Waals surface area contributed by atoms with Crippen LogP contribution in [0.3, 0.4) is 0 Å². The molecule has 0 bridgehead atoms. The predicted octanol–water partition coefficient (Wildman–Crippen LogP) is 3.75. The molecule has 1 atom stereocenters. The van der Waals surface area contributed by atoms with Crippen LogP contribution in [0, 0.1) is 17.2 Å². The van der Waals surface area contributed by atoms with Gasteiger partial charge in [-0.3, -0.25) is 0 Å². The molecule has 0 aromatic heterocycles. The Morgan fingerprint density at radius 3 is 2.48 bits per heavy atom. The second-order valence-corrected chi connectivity index (χ2v) is 5.40. The lowest BCUT2D eigenvalue weighted by Gasteiger charge is -2.09. The van der Waals surface area contributed by atoms with Crippen molar-refractivity contribution in [2.75, 3.05) is 26.6 Å². The summed E-state index contributed by atoms with van der Waals surface area (Å²) in [6.07, 6.45) is 3.31. The van der Waals surface area contributed by atoms with Crippen molar-refractivity contribution in [3.63, 3.8) is 0 Å². The minimum Gasteiger partial charge on any atom is -0.394 e. The van der Waals surface area contributed by atoms with Crippen molar-refractivity contribution >= 4 is 5.71 Å². The summed E-state index contributed by atoms with van der Waals surface area (Å²) in [5, 5.41) is 12.9. The standard InChI is InChI=1S/C14H18N2O.C4H8O2/c1-3-7-12(2)11-17-16-14(10-15)13-8-5-4-6-9-13;1-2-5-4-6-3-1/h4-6,8-9,12H,3,7,11H2,1-2H3;1-4H2. The van der Waals surface area contributed by atoms with E-state index in [2.05, 4.69) is 19.0 Å². The highest BCUT2D eigenvalue weighted by molar-refractivity contribution is 6.11. The molecular weight excluding hydrogens is 292 g/mol. The number of ether oxygens (including phenoxy) is 2. The van der Waals surface area contributed by atoms with E-state index in [1.54, 1.807) is 0 Å². The monoisotopic (exact) mass is 318 g/mol. The third kappa shape index (κ3) is 8.97. The Hall–Kier alpha value is -1.90.